The zero-order valence-corrected chi connectivity index (χ0v) is 15.6. The summed E-state index contributed by atoms with van der Waals surface area (Å²) < 4.78 is 12.6. The Bertz CT molecular complexity index is 763. The van der Waals surface area contributed by atoms with Crippen LogP contribution >= 0.6 is 12.2 Å². The number of hydrogen-bond acceptors (Lipinski definition) is 5. The molecule has 140 valence electrons. The molecule has 0 bridgehead atoms. The Morgan fingerprint density at radius 3 is 2.85 bits per heavy atom. The summed E-state index contributed by atoms with van der Waals surface area (Å²) in [7, 11) is 1.52. The van der Waals surface area contributed by atoms with Gasteiger partial charge in [-0.3, -0.25) is 4.79 Å². The van der Waals surface area contributed by atoms with E-state index in [0.717, 1.165) is 30.9 Å². The summed E-state index contributed by atoms with van der Waals surface area (Å²) in [5.41, 5.74) is 6.96. The molecule has 0 aliphatic heterocycles. The molecular weight excluding hydrogens is 354 g/mol. The summed E-state index contributed by atoms with van der Waals surface area (Å²) in [6.07, 6.45) is 4.58. The number of aryl methyl sites for hydroxylation is 2. The molecule has 0 unspecified atom stereocenters. The summed E-state index contributed by atoms with van der Waals surface area (Å²) >= 11 is 5.30. The predicted octanol–water partition coefficient (Wildman–Crippen LogP) is 1.44. The molecule has 1 amide bonds. The van der Waals surface area contributed by atoms with Crippen LogP contribution in [0, 0.1) is 6.92 Å². The minimum absolute atomic E-state index is 0.209. The Balaban J connectivity index is 1.80. The lowest BCUT2D eigenvalue weighted by molar-refractivity contribution is -0.119. The van der Waals surface area contributed by atoms with E-state index in [-0.39, 0.29) is 6.61 Å². The van der Waals surface area contributed by atoms with E-state index in [9.17, 15) is 4.79 Å². The van der Waals surface area contributed by atoms with Crippen molar-refractivity contribution in [1.82, 2.24) is 14.9 Å². The van der Waals surface area contributed by atoms with E-state index in [1.807, 2.05) is 19.4 Å². The number of thiocarbonyl (C=S) groups is 1. The first kappa shape index (κ1) is 19.5. The highest BCUT2D eigenvalue weighted by molar-refractivity contribution is 7.80. The Hall–Kier alpha value is -2.81. The van der Waals surface area contributed by atoms with Crippen LogP contribution in [-0.2, 0) is 11.3 Å². The quantitative estimate of drug-likeness (QED) is 0.449. The Morgan fingerprint density at radius 1 is 1.38 bits per heavy atom. The molecule has 0 aliphatic rings. The van der Waals surface area contributed by atoms with E-state index in [0.29, 0.717) is 16.6 Å². The molecule has 0 fully saturated rings. The lowest BCUT2D eigenvalue weighted by Crippen LogP contribution is -2.29. The van der Waals surface area contributed by atoms with Crippen LogP contribution in [0.25, 0.3) is 0 Å². The van der Waals surface area contributed by atoms with Crippen LogP contribution in [0.5, 0.6) is 11.5 Å². The van der Waals surface area contributed by atoms with Crippen molar-refractivity contribution < 1.29 is 14.3 Å². The number of imidazole rings is 1. The number of nitrogens with two attached hydrogens (primary N) is 1. The van der Waals surface area contributed by atoms with Gasteiger partial charge in [-0.25, -0.2) is 4.98 Å². The Kier molecular flexibility index (Phi) is 7.22. The molecule has 1 aromatic carbocycles. The third-order valence-corrected chi connectivity index (χ3v) is 3.82. The van der Waals surface area contributed by atoms with E-state index in [4.69, 9.17) is 27.4 Å². The first-order valence-electron chi connectivity index (χ1n) is 8.10. The van der Waals surface area contributed by atoms with E-state index < -0.39 is 5.91 Å². The fraction of sp³-hybridized carbons (Fsp3) is 0.353. The highest BCUT2D eigenvalue weighted by Crippen LogP contribution is 2.30. The molecular formula is C17H23N5O3S. The normalized spacial score (nSPS) is 10.2. The van der Waals surface area contributed by atoms with Crippen LogP contribution in [0.2, 0.25) is 0 Å². The number of nitrogens with one attached hydrogen (secondary N) is 2. The number of aromatic nitrogens is 2. The number of benzene rings is 1. The lowest BCUT2D eigenvalue weighted by atomic mass is 10.2. The number of rotatable bonds is 9. The Morgan fingerprint density at radius 2 is 2.19 bits per heavy atom. The van der Waals surface area contributed by atoms with E-state index in [1.54, 1.807) is 18.2 Å². The van der Waals surface area contributed by atoms with Gasteiger partial charge in [-0.2, -0.15) is 0 Å². The van der Waals surface area contributed by atoms with Gasteiger partial charge < -0.3 is 30.4 Å². The molecule has 2 rings (SSSR count). The van der Waals surface area contributed by atoms with Gasteiger partial charge in [-0.05, 0) is 37.7 Å². The maximum Gasteiger partial charge on any atom is 0.255 e. The highest BCUT2D eigenvalue weighted by Gasteiger charge is 2.08. The van der Waals surface area contributed by atoms with Crippen LogP contribution in [0.3, 0.4) is 0 Å². The summed E-state index contributed by atoms with van der Waals surface area (Å²) in [6.45, 7) is 3.43. The minimum Gasteiger partial charge on any atom is -0.493 e. The second-order valence-corrected chi connectivity index (χ2v) is 5.99. The molecule has 1 aromatic heterocycles. The second kappa shape index (κ2) is 9.62. The number of carbonyl (C=O) groups excluding carboxylic acids is 1. The molecule has 9 heteroatoms. The standard InChI is InChI=1S/C17H23N5O3S/c1-12-9-19-11-22(12)7-3-6-20-17(26)21-13-4-5-14(15(8-13)24-2)25-10-16(18)23/h4-5,8-9,11H,3,6-7,10H2,1-2H3,(H2,18,23)(H2,20,21,26). The van der Waals surface area contributed by atoms with Gasteiger partial charge in [0, 0.05) is 36.7 Å². The molecule has 8 nitrogen and oxygen atoms in total. The molecule has 0 aliphatic carbocycles. The molecule has 0 saturated carbocycles. The van der Waals surface area contributed by atoms with Crippen molar-refractivity contribution in [2.45, 2.75) is 19.9 Å². The maximum absolute atomic E-state index is 10.8. The van der Waals surface area contributed by atoms with Gasteiger partial charge in [0.05, 0.1) is 13.4 Å². The monoisotopic (exact) mass is 377 g/mol. The average Bonchev–Trinajstić information content (AvgIpc) is 3.02. The first-order valence-corrected chi connectivity index (χ1v) is 8.51. The third kappa shape index (κ3) is 5.92. The fourth-order valence-electron chi connectivity index (χ4n) is 2.26. The second-order valence-electron chi connectivity index (χ2n) is 5.58. The maximum atomic E-state index is 10.8. The fourth-order valence-corrected chi connectivity index (χ4v) is 2.48. The molecule has 26 heavy (non-hydrogen) atoms. The largest absolute Gasteiger partial charge is 0.493 e. The highest BCUT2D eigenvalue weighted by atomic mass is 32.1. The van der Waals surface area contributed by atoms with Crippen LogP contribution in [0.1, 0.15) is 12.1 Å². The van der Waals surface area contributed by atoms with Gasteiger partial charge in [-0.1, -0.05) is 0 Å². The SMILES string of the molecule is COc1cc(NC(=S)NCCCn2cncc2C)ccc1OCC(N)=O. The summed E-state index contributed by atoms with van der Waals surface area (Å²) in [5.74, 6) is 0.367. The average molecular weight is 377 g/mol. The number of amides is 1. The zero-order valence-electron chi connectivity index (χ0n) is 14.8. The summed E-state index contributed by atoms with van der Waals surface area (Å²) in [5, 5.41) is 6.76. The molecule has 2 aromatic rings. The van der Waals surface area contributed by atoms with Crippen molar-refractivity contribution in [2.24, 2.45) is 5.73 Å². The van der Waals surface area contributed by atoms with Crippen LogP contribution < -0.4 is 25.8 Å². The zero-order chi connectivity index (χ0) is 18.9. The number of anilines is 1. The van der Waals surface area contributed by atoms with Gasteiger partial charge in [0.15, 0.2) is 23.2 Å². The van der Waals surface area contributed by atoms with Crippen LogP contribution in [0.15, 0.2) is 30.7 Å². The van der Waals surface area contributed by atoms with E-state index in [1.165, 1.54) is 7.11 Å². The third-order valence-electron chi connectivity index (χ3n) is 3.57. The van der Waals surface area contributed by atoms with E-state index in [2.05, 4.69) is 20.2 Å². The molecule has 0 radical (unpaired) electrons. The van der Waals surface area contributed by atoms with Crippen molar-refractivity contribution in [3.63, 3.8) is 0 Å². The number of hydrogen-bond donors (Lipinski definition) is 3. The molecule has 0 atom stereocenters. The predicted molar refractivity (Wildman–Crippen MR) is 103 cm³/mol. The van der Waals surface area contributed by atoms with E-state index >= 15 is 0 Å². The summed E-state index contributed by atoms with van der Waals surface area (Å²) in [4.78, 5) is 14.9. The number of carbonyl (C=O) groups is 1. The number of methoxy groups -OCH3 is 1. The van der Waals surface area contributed by atoms with Gasteiger partial charge in [0.25, 0.3) is 5.91 Å². The molecule has 0 spiro atoms. The van der Waals surface area contributed by atoms with Crippen molar-refractivity contribution in [1.29, 1.82) is 0 Å². The van der Waals surface area contributed by atoms with Crippen molar-refractivity contribution in [3.8, 4) is 11.5 Å². The van der Waals surface area contributed by atoms with Crippen molar-refractivity contribution in [2.75, 3.05) is 25.6 Å². The number of ether oxygens (including phenoxy) is 2. The van der Waals surface area contributed by atoms with Crippen molar-refractivity contribution in [3.05, 3.63) is 36.4 Å². The summed E-state index contributed by atoms with van der Waals surface area (Å²) in [6, 6.07) is 5.20. The van der Waals surface area contributed by atoms with Gasteiger partial charge in [0.1, 0.15) is 0 Å². The van der Waals surface area contributed by atoms with Crippen LogP contribution in [-0.4, -0.2) is 40.8 Å². The van der Waals surface area contributed by atoms with Crippen molar-refractivity contribution >= 4 is 28.9 Å². The first-order chi connectivity index (χ1) is 12.5. The topological polar surface area (TPSA) is 103 Å². The van der Waals surface area contributed by atoms with Gasteiger partial charge in [0.2, 0.25) is 0 Å². The number of nitrogens with zero attached hydrogens (tertiary/aromatic N) is 2. The lowest BCUT2D eigenvalue weighted by Gasteiger charge is -2.14. The minimum atomic E-state index is -0.550. The Labute approximate surface area is 157 Å². The van der Waals surface area contributed by atoms with Gasteiger partial charge in [-0.15, -0.1) is 0 Å². The van der Waals surface area contributed by atoms with Gasteiger partial charge >= 0.3 is 0 Å². The molecule has 0 saturated heterocycles. The van der Waals surface area contributed by atoms with Crippen LogP contribution in [0.4, 0.5) is 5.69 Å². The molecule has 1 heterocycles. The molecule has 4 N–H and O–H groups in total. The smallest absolute Gasteiger partial charge is 0.255 e. The number of primary amides is 1.